The van der Waals surface area contributed by atoms with E-state index in [1.165, 1.54) is 0 Å². The predicted octanol–water partition coefficient (Wildman–Crippen LogP) is 5.88. The summed E-state index contributed by atoms with van der Waals surface area (Å²) in [5.74, 6) is 1.19. The first-order valence-electron chi connectivity index (χ1n) is 12.8. The molecule has 2 aliphatic heterocycles. The first-order chi connectivity index (χ1) is 20.0. The van der Waals surface area contributed by atoms with Gasteiger partial charge in [0.2, 0.25) is 12.0 Å². The Balaban J connectivity index is 1.20. The quantitative estimate of drug-likeness (QED) is 0.227. The second kappa shape index (κ2) is 11.2. The van der Waals surface area contributed by atoms with Crippen molar-refractivity contribution in [2.75, 3.05) is 6.61 Å². The molecule has 2 aliphatic rings. The van der Waals surface area contributed by atoms with Crippen molar-refractivity contribution in [2.24, 2.45) is 5.73 Å². The van der Waals surface area contributed by atoms with E-state index in [2.05, 4.69) is 6.07 Å². The van der Waals surface area contributed by atoms with Crippen LogP contribution in [-0.4, -0.2) is 18.7 Å². The number of rotatable bonds is 6. The Bertz CT molecular complexity index is 1700. The van der Waals surface area contributed by atoms with Gasteiger partial charge in [-0.2, -0.15) is 5.26 Å². The van der Waals surface area contributed by atoms with Gasteiger partial charge in [-0.1, -0.05) is 60.1 Å². The molecule has 2 N–H and O–H groups in total. The number of nitrogens with zero attached hydrogens (tertiary/aromatic N) is 1. The van der Waals surface area contributed by atoms with Gasteiger partial charge in [0.15, 0.2) is 11.5 Å². The number of ether oxygens (including phenoxy) is 5. The number of esters is 1. The summed E-state index contributed by atoms with van der Waals surface area (Å²) in [6, 6.07) is 29.1. The lowest BCUT2D eigenvalue weighted by atomic mass is 9.83. The maximum absolute atomic E-state index is 12.8. The monoisotopic (exact) mass is 566 g/mol. The van der Waals surface area contributed by atoms with E-state index in [9.17, 15) is 10.1 Å². The van der Waals surface area contributed by atoms with Crippen LogP contribution in [0.25, 0.3) is 0 Å². The minimum Gasteiger partial charge on any atom is -0.489 e. The number of hydrogen-bond donors (Lipinski definition) is 1. The topological polar surface area (TPSA) is 113 Å². The molecule has 9 heteroatoms. The van der Waals surface area contributed by atoms with Crippen molar-refractivity contribution >= 4 is 17.6 Å². The van der Waals surface area contributed by atoms with Gasteiger partial charge < -0.3 is 29.4 Å². The maximum Gasteiger partial charge on any atom is 0.356 e. The molecule has 0 aromatic heterocycles. The second-order valence-corrected chi connectivity index (χ2v) is 9.77. The van der Waals surface area contributed by atoms with Crippen LogP contribution in [0.1, 0.15) is 22.6 Å². The van der Waals surface area contributed by atoms with Gasteiger partial charge in [-0.25, -0.2) is 4.79 Å². The summed E-state index contributed by atoms with van der Waals surface area (Å²) in [5, 5.41) is 10.5. The van der Waals surface area contributed by atoms with Gasteiger partial charge in [0.25, 0.3) is 0 Å². The van der Waals surface area contributed by atoms with E-state index in [-0.39, 0.29) is 23.8 Å². The van der Waals surface area contributed by atoms with Crippen molar-refractivity contribution in [3.63, 3.8) is 0 Å². The number of para-hydroxylation sites is 2. The molecular formula is C32H23ClN2O6. The van der Waals surface area contributed by atoms with E-state index < -0.39 is 18.0 Å². The van der Waals surface area contributed by atoms with E-state index in [0.29, 0.717) is 40.2 Å². The number of carbonyl (C=O) groups excluding carboxylic acids is 1. The Hall–Kier alpha value is -5.13. The molecular weight excluding hydrogens is 544 g/mol. The summed E-state index contributed by atoms with van der Waals surface area (Å²) in [6.07, 6.45) is -0.927. The zero-order valence-electron chi connectivity index (χ0n) is 21.6. The predicted molar refractivity (Wildman–Crippen MR) is 150 cm³/mol. The van der Waals surface area contributed by atoms with Crippen LogP contribution in [0.15, 0.2) is 102 Å². The largest absolute Gasteiger partial charge is 0.489 e. The third kappa shape index (κ3) is 5.36. The van der Waals surface area contributed by atoms with E-state index in [4.69, 9.17) is 41.0 Å². The standard InChI is InChI=1S/C32H23ClN2O6/c33-25-6-2-1-5-20(25)17-37-21-11-9-19(10-12-21)30-23-14-13-22(15-28(23)41-31(35)24(30)16-34)39-32(36)29-18-38-26-7-3-4-8-27(26)40-29/h1-15,29-30H,17-18,35H2. The van der Waals surface area contributed by atoms with Crippen molar-refractivity contribution in [1.29, 1.82) is 5.26 Å². The zero-order chi connectivity index (χ0) is 28.3. The van der Waals surface area contributed by atoms with E-state index in [1.807, 2.05) is 54.6 Å². The molecule has 0 radical (unpaired) electrons. The fraction of sp³-hybridized carbons (Fsp3) is 0.125. The summed E-state index contributed by atoms with van der Waals surface area (Å²) in [4.78, 5) is 12.8. The molecule has 0 aliphatic carbocycles. The van der Waals surface area contributed by atoms with Crippen molar-refractivity contribution in [3.05, 3.63) is 124 Å². The van der Waals surface area contributed by atoms with Crippen molar-refractivity contribution in [2.45, 2.75) is 18.6 Å². The molecule has 2 unspecified atom stereocenters. The molecule has 2 atom stereocenters. The zero-order valence-corrected chi connectivity index (χ0v) is 22.3. The van der Waals surface area contributed by atoms with E-state index in [1.54, 1.807) is 36.4 Å². The van der Waals surface area contributed by atoms with Crippen LogP contribution in [0.5, 0.6) is 28.7 Å². The highest BCUT2D eigenvalue weighted by Crippen LogP contribution is 2.44. The Morgan fingerprint density at radius 3 is 2.46 bits per heavy atom. The number of halogens is 1. The Kier molecular flexibility index (Phi) is 7.11. The average molecular weight is 567 g/mol. The number of nitriles is 1. The summed E-state index contributed by atoms with van der Waals surface area (Å²) in [6.45, 7) is 0.347. The highest BCUT2D eigenvalue weighted by atomic mass is 35.5. The lowest BCUT2D eigenvalue weighted by Crippen LogP contribution is -2.39. The van der Waals surface area contributed by atoms with E-state index >= 15 is 0 Å². The third-order valence-electron chi connectivity index (χ3n) is 6.75. The Morgan fingerprint density at radius 1 is 0.951 bits per heavy atom. The molecule has 4 aromatic carbocycles. The number of nitrogens with two attached hydrogens (primary N) is 1. The Morgan fingerprint density at radius 2 is 1.68 bits per heavy atom. The Labute approximate surface area is 241 Å². The van der Waals surface area contributed by atoms with Crippen molar-refractivity contribution < 1.29 is 28.5 Å². The van der Waals surface area contributed by atoms with Crippen LogP contribution in [0, 0.1) is 11.3 Å². The number of benzene rings is 4. The van der Waals surface area contributed by atoms with Gasteiger partial charge in [-0.15, -0.1) is 0 Å². The number of fused-ring (bicyclic) bond motifs is 2. The molecule has 41 heavy (non-hydrogen) atoms. The fourth-order valence-electron chi connectivity index (χ4n) is 4.69. The van der Waals surface area contributed by atoms with Gasteiger partial charge >= 0.3 is 5.97 Å². The second-order valence-electron chi connectivity index (χ2n) is 9.36. The molecule has 2 heterocycles. The van der Waals surface area contributed by atoms with Crippen LogP contribution in [0.4, 0.5) is 0 Å². The molecule has 0 spiro atoms. The molecule has 6 rings (SSSR count). The summed E-state index contributed by atoms with van der Waals surface area (Å²) in [5.41, 5.74) is 8.82. The molecule has 0 saturated heterocycles. The molecule has 0 amide bonds. The van der Waals surface area contributed by atoms with Gasteiger partial charge in [0.05, 0.1) is 5.92 Å². The lowest BCUT2D eigenvalue weighted by Gasteiger charge is -2.27. The minimum atomic E-state index is -0.927. The van der Waals surface area contributed by atoms with Crippen LogP contribution < -0.4 is 29.4 Å². The first-order valence-corrected chi connectivity index (χ1v) is 13.2. The lowest BCUT2D eigenvalue weighted by molar-refractivity contribution is -0.144. The highest BCUT2D eigenvalue weighted by Gasteiger charge is 2.32. The number of hydrogen-bond acceptors (Lipinski definition) is 8. The van der Waals surface area contributed by atoms with Crippen LogP contribution >= 0.6 is 11.6 Å². The molecule has 4 aromatic rings. The molecule has 0 saturated carbocycles. The number of allylic oxidation sites excluding steroid dienone is 1. The van der Waals surface area contributed by atoms with Crippen LogP contribution in [-0.2, 0) is 11.4 Å². The minimum absolute atomic E-state index is 0.0202. The maximum atomic E-state index is 12.8. The summed E-state index contributed by atoms with van der Waals surface area (Å²) < 4.78 is 28.6. The first kappa shape index (κ1) is 26.1. The summed E-state index contributed by atoms with van der Waals surface area (Å²) in [7, 11) is 0. The summed E-state index contributed by atoms with van der Waals surface area (Å²) >= 11 is 6.23. The molecule has 0 fully saturated rings. The smallest absolute Gasteiger partial charge is 0.356 e. The fourth-order valence-corrected chi connectivity index (χ4v) is 4.88. The van der Waals surface area contributed by atoms with E-state index in [0.717, 1.165) is 11.1 Å². The van der Waals surface area contributed by atoms with Gasteiger partial charge in [0.1, 0.15) is 42.1 Å². The third-order valence-corrected chi connectivity index (χ3v) is 7.11. The van der Waals surface area contributed by atoms with Gasteiger partial charge in [0, 0.05) is 22.2 Å². The normalized spacial score (nSPS) is 17.1. The molecule has 204 valence electrons. The van der Waals surface area contributed by atoms with Gasteiger partial charge in [-0.05, 0) is 42.0 Å². The highest BCUT2D eigenvalue weighted by molar-refractivity contribution is 6.31. The van der Waals surface area contributed by atoms with Crippen LogP contribution in [0.3, 0.4) is 0 Å². The van der Waals surface area contributed by atoms with Crippen molar-refractivity contribution in [3.8, 4) is 34.8 Å². The van der Waals surface area contributed by atoms with Crippen LogP contribution in [0.2, 0.25) is 5.02 Å². The van der Waals surface area contributed by atoms with Gasteiger partial charge in [-0.3, -0.25) is 0 Å². The SMILES string of the molecule is N#CC1=C(N)Oc2cc(OC(=O)C3COc4ccccc4O3)ccc2C1c1ccc(OCc2ccccc2Cl)cc1. The van der Waals surface area contributed by atoms with Crippen molar-refractivity contribution in [1.82, 2.24) is 0 Å². The average Bonchev–Trinajstić information content (AvgIpc) is 3.00. The number of carbonyl (C=O) groups is 1. The molecule has 8 nitrogen and oxygen atoms in total. The molecule has 0 bridgehead atoms.